The summed E-state index contributed by atoms with van der Waals surface area (Å²) in [6.07, 6.45) is 0. The third kappa shape index (κ3) is 2.26. The lowest BCUT2D eigenvalue weighted by Gasteiger charge is -1.97. The Balaban J connectivity index is 1.97. The smallest absolute Gasteiger partial charge is 0.184 e. The van der Waals surface area contributed by atoms with Gasteiger partial charge in [-0.3, -0.25) is 0 Å². The Kier molecular flexibility index (Phi) is 3.06. The third-order valence-corrected chi connectivity index (χ3v) is 4.19. The average Bonchev–Trinajstić information content (AvgIpc) is 2.74. The first-order chi connectivity index (χ1) is 8.72. The van der Waals surface area contributed by atoms with E-state index < -0.39 is 0 Å². The normalized spacial score (nSPS) is 11.0. The van der Waals surface area contributed by atoms with Gasteiger partial charge in [0.15, 0.2) is 6.54 Å². The van der Waals surface area contributed by atoms with Crippen molar-refractivity contribution in [3.05, 3.63) is 64.1 Å². The van der Waals surface area contributed by atoms with E-state index in [1.54, 1.807) is 11.3 Å². The van der Waals surface area contributed by atoms with Crippen molar-refractivity contribution in [3.8, 4) is 0 Å². The molecular formula is C15H13ClNS+. The maximum atomic E-state index is 6.00. The molecule has 0 spiro atoms. The lowest BCUT2D eigenvalue weighted by Crippen LogP contribution is -2.31. The Bertz CT molecular complexity index is 685. The molecule has 90 valence electrons. The number of aromatic nitrogens is 1. The van der Waals surface area contributed by atoms with Gasteiger partial charge in [-0.25, -0.2) is 0 Å². The van der Waals surface area contributed by atoms with Gasteiger partial charge in [0, 0.05) is 16.7 Å². The van der Waals surface area contributed by atoms with Gasteiger partial charge >= 0.3 is 0 Å². The number of thiazole rings is 1. The van der Waals surface area contributed by atoms with E-state index in [0.717, 1.165) is 11.6 Å². The van der Waals surface area contributed by atoms with E-state index >= 15 is 0 Å². The van der Waals surface area contributed by atoms with Crippen molar-refractivity contribution in [2.24, 2.45) is 0 Å². The maximum Gasteiger partial charge on any atom is 0.226 e. The average molecular weight is 275 g/mol. The summed E-state index contributed by atoms with van der Waals surface area (Å²) in [4.78, 5) is 0. The predicted octanol–water partition coefficient (Wildman–Crippen LogP) is 4.20. The van der Waals surface area contributed by atoms with Crippen molar-refractivity contribution in [2.75, 3.05) is 0 Å². The molecule has 0 amide bonds. The molecule has 0 atom stereocenters. The van der Waals surface area contributed by atoms with Crippen molar-refractivity contribution in [2.45, 2.75) is 13.5 Å². The van der Waals surface area contributed by atoms with Crippen LogP contribution in [-0.2, 0) is 6.54 Å². The van der Waals surface area contributed by atoms with Crippen LogP contribution in [-0.4, -0.2) is 0 Å². The van der Waals surface area contributed by atoms with Crippen LogP contribution in [0.25, 0.3) is 10.2 Å². The fourth-order valence-electron chi connectivity index (χ4n) is 2.01. The monoisotopic (exact) mass is 274 g/mol. The van der Waals surface area contributed by atoms with Crippen LogP contribution in [0.2, 0.25) is 5.02 Å². The number of nitrogens with zero attached hydrogens (tertiary/aromatic N) is 1. The highest BCUT2D eigenvalue weighted by molar-refractivity contribution is 7.16. The fraction of sp³-hybridized carbons (Fsp3) is 0.133. The molecule has 0 saturated carbocycles. The molecule has 0 fully saturated rings. The van der Waals surface area contributed by atoms with Crippen molar-refractivity contribution >= 4 is 33.2 Å². The Hall–Kier alpha value is -1.38. The summed E-state index contributed by atoms with van der Waals surface area (Å²) < 4.78 is 3.50. The molecule has 0 aliphatic heterocycles. The quantitative estimate of drug-likeness (QED) is 0.617. The number of benzene rings is 2. The molecule has 0 unspecified atom stereocenters. The van der Waals surface area contributed by atoms with Crippen LogP contribution in [0.1, 0.15) is 11.1 Å². The van der Waals surface area contributed by atoms with Gasteiger partial charge in [-0.1, -0.05) is 52.8 Å². The number of rotatable bonds is 2. The maximum absolute atomic E-state index is 6.00. The first-order valence-corrected chi connectivity index (χ1v) is 7.10. The van der Waals surface area contributed by atoms with Crippen LogP contribution in [0.3, 0.4) is 0 Å². The Labute approximate surface area is 115 Å². The van der Waals surface area contributed by atoms with E-state index in [9.17, 15) is 0 Å². The fourth-order valence-corrected chi connectivity index (χ4v) is 3.18. The van der Waals surface area contributed by atoms with E-state index in [1.807, 2.05) is 12.1 Å². The highest BCUT2D eigenvalue weighted by Crippen LogP contribution is 2.21. The third-order valence-electron chi connectivity index (χ3n) is 3.01. The van der Waals surface area contributed by atoms with Gasteiger partial charge in [0.2, 0.25) is 11.0 Å². The molecule has 3 aromatic rings. The largest absolute Gasteiger partial charge is 0.226 e. The van der Waals surface area contributed by atoms with Gasteiger partial charge in [-0.05, 0) is 19.1 Å². The number of hydrogen-bond donors (Lipinski definition) is 0. The van der Waals surface area contributed by atoms with Gasteiger partial charge in [0.25, 0.3) is 0 Å². The highest BCUT2D eigenvalue weighted by atomic mass is 35.5. The molecule has 0 bridgehead atoms. The SMILES string of the molecule is Cc1ccc(C[n+]2csc3cc(Cl)ccc32)cc1. The molecule has 0 aliphatic rings. The number of hydrogen-bond acceptors (Lipinski definition) is 1. The summed E-state index contributed by atoms with van der Waals surface area (Å²) in [6.45, 7) is 3.01. The molecule has 0 N–H and O–H groups in total. The molecule has 0 radical (unpaired) electrons. The van der Waals surface area contributed by atoms with E-state index in [1.165, 1.54) is 21.3 Å². The molecule has 1 heterocycles. The van der Waals surface area contributed by atoms with Gasteiger partial charge in [-0.15, -0.1) is 0 Å². The Morgan fingerprint density at radius 1 is 1.11 bits per heavy atom. The zero-order chi connectivity index (χ0) is 12.5. The van der Waals surface area contributed by atoms with E-state index in [-0.39, 0.29) is 0 Å². The number of halogens is 1. The van der Waals surface area contributed by atoms with Gasteiger partial charge in [0.1, 0.15) is 4.70 Å². The first-order valence-electron chi connectivity index (χ1n) is 5.84. The summed E-state index contributed by atoms with van der Waals surface area (Å²) in [5.41, 5.74) is 6.01. The standard InChI is InChI=1S/C15H13ClNS/c1-11-2-4-12(5-3-11)9-17-10-18-15-8-13(16)6-7-14(15)17/h2-8,10H,9H2,1H3/q+1. The minimum Gasteiger partial charge on any atom is -0.184 e. The Morgan fingerprint density at radius 3 is 2.67 bits per heavy atom. The lowest BCUT2D eigenvalue weighted by atomic mass is 10.1. The van der Waals surface area contributed by atoms with Gasteiger partial charge in [-0.2, -0.15) is 4.57 Å². The van der Waals surface area contributed by atoms with Crippen LogP contribution in [0, 0.1) is 6.92 Å². The molecule has 3 heteroatoms. The second-order valence-corrected chi connectivity index (χ2v) is 5.77. The van der Waals surface area contributed by atoms with Crippen LogP contribution >= 0.6 is 22.9 Å². The van der Waals surface area contributed by atoms with Crippen LogP contribution in [0.15, 0.2) is 48.0 Å². The molecular weight excluding hydrogens is 262 g/mol. The lowest BCUT2D eigenvalue weighted by molar-refractivity contribution is -0.658. The molecule has 18 heavy (non-hydrogen) atoms. The van der Waals surface area contributed by atoms with Crippen molar-refractivity contribution < 1.29 is 4.57 Å². The molecule has 0 saturated heterocycles. The highest BCUT2D eigenvalue weighted by Gasteiger charge is 2.12. The first kappa shape index (κ1) is 11.7. The molecule has 2 aromatic carbocycles. The summed E-state index contributed by atoms with van der Waals surface area (Å²) in [7, 11) is 0. The zero-order valence-electron chi connectivity index (χ0n) is 10.1. The second-order valence-electron chi connectivity index (χ2n) is 4.45. The van der Waals surface area contributed by atoms with Crippen molar-refractivity contribution in [1.29, 1.82) is 0 Å². The van der Waals surface area contributed by atoms with Crippen molar-refractivity contribution in [1.82, 2.24) is 0 Å². The van der Waals surface area contributed by atoms with Crippen molar-refractivity contribution in [3.63, 3.8) is 0 Å². The van der Waals surface area contributed by atoms with E-state index in [4.69, 9.17) is 11.6 Å². The summed E-state index contributed by atoms with van der Waals surface area (Å²) in [5.74, 6) is 0. The van der Waals surface area contributed by atoms with Crippen LogP contribution < -0.4 is 4.57 Å². The van der Waals surface area contributed by atoms with Crippen LogP contribution in [0.5, 0.6) is 0 Å². The predicted molar refractivity (Wildman–Crippen MR) is 77.3 cm³/mol. The molecule has 0 aliphatic carbocycles. The topological polar surface area (TPSA) is 3.88 Å². The second kappa shape index (κ2) is 4.71. The molecule has 1 aromatic heterocycles. The minimum absolute atomic E-state index is 0.798. The van der Waals surface area contributed by atoms with Gasteiger partial charge in [0.05, 0.1) is 0 Å². The van der Waals surface area contributed by atoms with Gasteiger partial charge < -0.3 is 0 Å². The zero-order valence-corrected chi connectivity index (χ0v) is 11.6. The van der Waals surface area contributed by atoms with E-state index in [0.29, 0.717) is 0 Å². The summed E-state index contributed by atoms with van der Waals surface area (Å²) >= 11 is 7.73. The summed E-state index contributed by atoms with van der Waals surface area (Å²) in [6, 6.07) is 14.7. The van der Waals surface area contributed by atoms with Crippen LogP contribution in [0.4, 0.5) is 0 Å². The molecule has 3 rings (SSSR count). The van der Waals surface area contributed by atoms with E-state index in [2.05, 4.69) is 47.3 Å². The number of aryl methyl sites for hydroxylation is 1. The Morgan fingerprint density at radius 2 is 1.89 bits per heavy atom. The molecule has 1 nitrogen and oxygen atoms in total. The summed E-state index contributed by atoms with van der Waals surface area (Å²) in [5, 5.41) is 0.798. The minimum atomic E-state index is 0.798. The number of fused-ring (bicyclic) bond motifs is 1.